The highest BCUT2D eigenvalue weighted by atomic mass is 16.5. The molecule has 1 amide bonds. The average Bonchev–Trinajstić information content (AvgIpc) is 3.06. The summed E-state index contributed by atoms with van der Waals surface area (Å²) in [7, 11) is 0. The molecule has 0 aromatic carbocycles. The summed E-state index contributed by atoms with van der Waals surface area (Å²) in [6, 6.07) is 3.62. The van der Waals surface area contributed by atoms with Crippen LogP contribution in [0, 0.1) is 11.8 Å². The predicted molar refractivity (Wildman–Crippen MR) is 68.6 cm³/mol. The molecule has 0 unspecified atom stereocenters. The first kappa shape index (κ1) is 13.1. The summed E-state index contributed by atoms with van der Waals surface area (Å²) in [5, 5.41) is 12.1. The molecule has 2 aliphatic rings. The van der Waals surface area contributed by atoms with Crippen molar-refractivity contribution in [2.75, 3.05) is 0 Å². The van der Waals surface area contributed by atoms with E-state index in [-0.39, 0.29) is 18.1 Å². The number of pyridine rings is 1. The first-order valence-electron chi connectivity index (χ1n) is 6.71. The normalized spacial score (nSPS) is 31.2. The number of aliphatic carboxylic acids is 1. The summed E-state index contributed by atoms with van der Waals surface area (Å²) in [5.74, 6) is -2.47. The Hall–Kier alpha value is -1.95. The van der Waals surface area contributed by atoms with E-state index in [1.165, 1.54) is 0 Å². The Kier molecular flexibility index (Phi) is 3.40. The Bertz CT molecular complexity index is 519. The number of rotatable bonds is 4. The van der Waals surface area contributed by atoms with Crippen LogP contribution in [0.4, 0.5) is 0 Å². The molecule has 2 bridgehead atoms. The average molecular weight is 276 g/mol. The SMILES string of the molecule is O=C(O)[C@H]1[C@H](C(=O)NCc2ccncc2)[C@H]2CC[C@H]1O2. The van der Waals surface area contributed by atoms with Gasteiger partial charge in [0.05, 0.1) is 24.0 Å². The van der Waals surface area contributed by atoms with Gasteiger partial charge in [0.2, 0.25) is 5.91 Å². The Morgan fingerprint density at radius 3 is 2.55 bits per heavy atom. The minimum atomic E-state index is -0.943. The number of hydrogen-bond donors (Lipinski definition) is 2. The zero-order valence-electron chi connectivity index (χ0n) is 10.9. The second-order valence-corrected chi connectivity index (χ2v) is 5.25. The molecule has 0 aliphatic carbocycles. The lowest BCUT2D eigenvalue weighted by atomic mass is 9.78. The van der Waals surface area contributed by atoms with Gasteiger partial charge in [0.1, 0.15) is 0 Å². The van der Waals surface area contributed by atoms with Crippen LogP contribution in [0.25, 0.3) is 0 Å². The summed E-state index contributed by atoms with van der Waals surface area (Å²) >= 11 is 0. The van der Waals surface area contributed by atoms with Crippen molar-refractivity contribution in [3.05, 3.63) is 30.1 Å². The first-order valence-corrected chi connectivity index (χ1v) is 6.71. The highest BCUT2D eigenvalue weighted by Crippen LogP contribution is 2.43. The highest BCUT2D eigenvalue weighted by molar-refractivity contribution is 5.86. The number of fused-ring (bicyclic) bond motifs is 2. The summed E-state index contributed by atoms with van der Waals surface area (Å²) in [6.07, 6.45) is 4.25. The summed E-state index contributed by atoms with van der Waals surface area (Å²) < 4.78 is 5.58. The van der Waals surface area contributed by atoms with Crippen molar-refractivity contribution in [2.24, 2.45) is 11.8 Å². The van der Waals surface area contributed by atoms with Crippen molar-refractivity contribution in [3.63, 3.8) is 0 Å². The first-order chi connectivity index (χ1) is 9.66. The van der Waals surface area contributed by atoms with Crippen LogP contribution in [0.15, 0.2) is 24.5 Å². The fourth-order valence-corrected chi connectivity index (χ4v) is 3.13. The standard InChI is InChI=1S/C14H16N2O4/c17-13(16-7-8-3-5-15-6-4-8)11-9-1-2-10(20-9)12(11)14(18)19/h3-6,9-12H,1-2,7H2,(H,16,17)(H,18,19)/t9-,10-,11-,12-/m1/s1. The Labute approximate surface area is 116 Å². The molecule has 0 spiro atoms. The van der Waals surface area contributed by atoms with E-state index < -0.39 is 17.8 Å². The third kappa shape index (κ3) is 2.27. The van der Waals surface area contributed by atoms with E-state index in [1.54, 1.807) is 12.4 Å². The van der Waals surface area contributed by atoms with Gasteiger partial charge in [0, 0.05) is 18.9 Å². The van der Waals surface area contributed by atoms with Gasteiger partial charge in [-0.2, -0.15) is 0 Å². The van der Waals surface area contributed by atoms with Crippen LogP contribution in [0.2, 0.25) is 0 Å². The van der Waals surface area contributed by atoms with E-state index in [2.05, 4.69) is 10.3 Å². The third-order valence-corrected chi connectivity index (χ3v) is 4.08. The number of amides is 1. The van der Waals surface area contributed by atoms with Gasteiger partial charge in [-0.25, -0.2) is 0 Å². The molecule has 1 aromatic rings. The van der Waals surface area contributed by atoms with E-state index in [0.29, 0.717) is 6.54 Å². The molecule has 6 heteroatoms. The van der Waals surface area contributed by atoms with Gasteiger partial charge < -0.3 is 15.2 Å². The lowest BCUT2D eigenvalue weighted by Gasteiger charge is -2.23. The number of ether oxygens (including phenoxy) is 1. The molecule has 106 valence electrons. The molecule has 3 rings (SSSR count). The second-order valence-electron chi connectivity index (χ2n) is 5.25. The topological polar surface area (TPSA) is 88.5 Å². The summed E-state index contributed by atoms with van der Waals surface area (Å²) in [5.41, 5.74) is 0.935. The lowest BCUT2D eigenvalue weighted by molar-refractivity contribution is -0.147. The van der Waals surface area contributed by atoms with Crippen molar-refractivity contribution in [3.8, 4) is 0 Å². The lowest BCUT2D eigenvalue weighted by Crippen LogP contribution is -2.43. The monoisotopic (exact) mass is 276 g/mol. The molecule has 2 saturated heterocycles. The van der Waals surface area contributed by atoms with Crippen molar-refractivity contribution >= 4 is 11.9 Å². The van der Waals surface area contributed by atoms with E-state index in [0.717, 1.165) is 18.4 Å². The van der Waals surface area contributed by atoms with Crippen LogP contribution in [0.1, 0.15) is 18.4 Å². The van der Waals surface area contributed by atoms with Gasteiger partial charge in [-0.15, -0.1) is 0 Å². The van der Waals surface area contributed by atoms with Gasteiger partial charge in [0.15, 0.2) is 0 Å². The number of hydrogen-bond acceptors (Lipinski definition) is 4. The molecule has 4 atom stereocenters. The molecule has 1 aromatic heterocycles. The number of nitrogens with zero attached hydrogens (tertiary/aromatic N) is 1. The van der Waals surface area contributed by atoms with Crippen LogP contribution >= 0.6 is 0 Å². The van der Waals surface area contributed by atoms with E-state index >= 15 is 0 Å². The third-order valence-electron chi connectivity index (χ3n) is 4.08. The van der Waals surface area contributed by atoms with Crippen LogP contribution in [0.3, 0.4) is 0 Å². The molecule has 6 nitrogen and oxygen atoms in total. The van der Waals surface area contributed by atoms with E-state index in [9.17, 15) is 14.7 Å². The van der Waals surface area contributed by atoms with Gasteiger partial charge in [-0.3, -0.25) is 14.6 Å². The maximum Gasteiger partial charge on any atom is 0.310 e. The Balaban J connectivity index is 1.66. The molecule has 2 fully saturated rings. The minimum Gasteiger partial charge on any atom is -0.481 e. The predicted octanol–water partition coefficient (Wildman–Crippen LogP) is 0.576. The molecular formula is C14H16N2O4. The molecule has 0 saturated carbocycles. The summed E-state index contributed by atoms with van der Waals surface area (Å²) in [4.78, 5) is 27.5. The fraction of sp³-hybridized carbons (Fsp3) is 0.500. The molecule has 20 heavy (non-hydrogen) atoms. The molecular weight excluding hydrogens is 260 g/mol. The van der Waals surface area contributed by atoms with Gasteiger partial charge >= 0.3 is 5.97 Å². The molecule has 2 aliphatic heterocycles. The van der Waals surface area contributed by atoms with Gasteiger partial charge in [-0.1, -0.05) is 0 Å². The minimum absolute atomic E-state index is 0.235. The fourth-order valence-electron chi connectivity index (χ4n) is 3.13. The van der Waals surface area contributed by atoms with Crippen LogP contribution < -0.4 is 5.32 Å². The highest BCUT2D eigenvalue weighted by Gasteiger charge is 2.55. The molecule has 2 N–H and O–H groups in total. The van der Waals surface area contributed by atoms with Gasteiger partial charge in [0.25, 0.3) is 0 Å². The smallest absolute Gasteiger partial charge is 0.310 e. The van der Waals surface area contributed by atoms with Crippen molar-refractivity contribution in [1.82, 2.24) is 10.3 Å². The second kappa shape index (κ2) is 5.20. The van der Waals surface area contributed by atoms with Crippen LogP contribution in [0.5, 0.6) is 0 Å². The number of nitrogens with one attached hydrogen (secondary N) is 1. The number of aromatic nitrogens is 1. The van der Waals surface area contributed by atoms with Crippen LogP contribution in [-0.2, 0) is 20.9 Å². The van der Waals surface area contributed by atoms with Crippen molar-refractivity contribution < 1.29 is 19.4 Å². The number of carbonyl (C=O) groups excluding carboxylic acids is 1. The Morgan fingerprint density at radius 2 is 1.90 bits per heavy atom. The van der Waals surface area contributed by atoms with Gasteiger partial charge in [-0.05, 0) is 30.5 Å². The van der Waals surface area contributed by atoms with Crippen molar-refractivity contribution in [2.45, 2.75) is 31.6 Å². The number of carboxylic acids is 1. The molecule has 3 heterocycles. The summed E-state index contributed by atoms with van der Waals surface area (Å²) in [6.45, 7) is 0.377. The number of carboxylic acid groups (broad SMARTS) is 1. The Morgan fingerprint density at radius 1 is 1.25 bits per heavy atom. The maximum absolute atomic E-state index is 12.3. The molecule has 0 radical (unpaired) electrons. The zero-order valence-corrected chi connectivity index (χ0v) is 10.9. The zero-order chi connectivity index (χ0) is 14.1. The van der Waals surface area contributed by atoms with Crippen molar-refractivity contribution in [1.29, 1.82) is 0 Å². The van der Waals surface area contributed by atoms with Crippen LogP contribution in [-0.4, -0.2) is 34.2 Å². The maximum atomic E-state index is 12.3. The van der Waals surface area contributed by atoms with E-state index in [1.807, 2.05) is 12.1 Å². The van der Waals surface area contributed by atoms with E-state index in [4.69, 9.17) is 4.74 Å². The largest absolute Gasteiger partial charge is 0.481 e. The number of carbonyl (C=O) groups is 2. The quantitative estimate of drug-likeness (QED) is 0.839.